The molecule has 4 aromatic rings. The number of sulfonamides is 2. The number of hydrogen-bond acceptors (Lipinski definition) is 6. The van der Waals surface area contributed by atoms with E-state index in [-0.39, 0.29) is 39.8 Å². The summed E-state index contributed by atoms with van der Waals surface area (Å²) < 4.78 is 83.5. The van der Waals surface area contributed by atoms with Crippen molar-refractivity contribution in [1.82, 2.24) is 9.03 Å². The van der Waals surface area contributed by atoms with Gasteiger partial charge in [0.1, 0.15) is 16.5 Å². The molecule has 0 spiro atoms. The lowest BCUT2D eigenvalue weighted by Gasteiger charge is -2.35. The van der Waals surface area contributed by atoms with Gasteiger partial charge in [0.25, 0.3) is 15.9 Å². The number of carbonyl (C=O) groups is 1. The molecule has 5 rings (SSSR count). The summed E-state index contributed by atoms with van der Waals surface area (Å²) in [5, 5.41) is 0.408. The first-order valence-electron chi connectivity index (χ1n) is 12.0. The van der Waals surface area contributed by atoms with Crippen molar-refractivity contribution < 1.29 is 30.4 Å². The lowest BCUT2D eigenvalue weighted by atomic mass is 10.1. The fourth-order valence-electron chi connectivity index (χ4n) is 4.45. The van der Waals surface area contributed by atoms with E-state index in [0.29, 0.717) is 18.5 Å². The van der Waals surface area contributed by atoms with Crippen LogP contribution in [-0.2, 0) is 20.0 Å². The van der Waals surface area contributed by atoms with Gasteiger partial charge in [0.2, 0.25) is 10.0 Å². The number of carbonyl (C=O) groups excluding carboxylic acids is 1. The van der Waals surface area contributed by atoms with Crippen LogP contribution in [0.2, 0.25) is 5.02 Å². The van der Waals surface area contributed by atoms with E-state index in [1.807, 2.05) is 9.62 Å². The first-order valence-corrected chi connectivity index (χ1v) is 15.3. The number of nitrogens with zero attached hydrogens (tertiary/aromatic N) is 2. The first-order chi connectivity index (χ1) is 19.0. The quantitative estimate of drug-likeness (QED) is 0.349. The lowest BCUT2D eigenvalue weighted by molar-refractivity contribution is 0.0981. The van der Waals surface area contributed by atoms with E-state index in [1.165, 1.54) is 46.8 Å². The van der Waals surface area contributed by atoms with Crippen LogP contribution in [0.1, 0.15) is 10.4 Å². The number of hydrogen-bond donors (Lipinski definition) is 1. The van der Waals surface area contributed by atoms with Gasteiger partial charge in [0.05, 0.1) is 9.92 Å². The van der Waals surface area contributed by atoms with Crippen molar-refractivity contribution in [2.75, 3.05) is 31.1 Å². The van der Waals surface area contributed by atoms with Crippen molar-refractivity contribution in [3.05, 3.63) is 101 Å². The standard InChI is InChI=1S/C27H22ClF2N3O5S2/c28-24-10-5-19(27(34)31-39(35,36)22-15-18-3-1-2-4-23(18)25(30)17-22)16-26(24)40(37,38)33-13-11-32(12-14-33)21-8-6-20(29)7-9-21/h1-10,15-17H,11-14H2,(H,31,34). The second kappa shape index (κ2) is 10.8. The molecule has 1 fully saturated rings. The minimum Gasteiger partial charge on any atom is -0.369 e. The summed E-state index contributed by atoms with van der Waals surface area (Å²) >= 11 is 6.20. The SMILES string of the molecule is O=C(NS(=O)(=O)c1cc(F)c2ccccc2c1)c1ccc(Cl)c(S(=O)(=O)N2CCN(c3ccc(F)cc3)CC2)c1. The van der Waals surface area contributed by atoms with Gasteiger partial charge in [-0.2, -0.15) is 4.31 Å². The molecule has 0 aromatic heterocycles. The summed E-state index contributed by atoms with van der Waals surface area (Å²) in [6.45, 7) is 0.884. The molecule has 1 N–H and O–H groups in total. The molecule has 4 aromatic carbocycles. The second-order valence-corrected chi connectivity index (χ2v) is 13.1. The normalized spacial score (nSPS) is 14.8. The maximum absolute atomic E-state index is 14.5. The fourth-order valence-corrected chi connectivity index (χ4v) is 7.40. The van der Waals surface area contributed by atoms with E-state index in [0.717, 1.165) is 17.8 Å². The Morgan fingerprint density at radius 3 is 2.20 bits per heavy atom. The van der Waals surface area contributed by atoms with Crippen molar-refractivity contribution in [1.29, 1.82) is 0 Å². The molecule has 1 aliphatic heterocycles. The van der Waals surface area contributed by atoms with Crippen LogP contribution in [0.15, 0.2) is 88.7 Å². The predicted molar refractivity (Wildman–Crippen MR) is 147 cm³/mol. The number of nitrogens with one attached hydrogen (secondary N) is 1. The van der Waals surface area contributed by atoms with Crippen molar-refractivity contribution >= 4 is 54.0 Å². The molecule has 0 aliphatic carbocycles. The van der Waals surface area contributed by atoms with E-state index < -0.39 is 36.7 Å². The first kappa shape index (κ1) is 28.0. The summed E-state index contributed by atoms with van der Waals surface area (Å²) in [7, 11) is -8.65. The van der Waals surface area contributed by atoms with E-state index in [1.54, 1.807) is 24.3 Å². The minimum atomic E-state index is -4.50. The Morgan fingerprint density at radius 1 is 0.825 bits per heavy atom. The zero-order valence-electron chi connectivity index (χ0n) is 20.7. The van der Waals surface area contributed by atoms with Gasteiger partial charge in [-0.25, -0.2) is 30.3 Å². The Morgan fingerprint density at radius 2 is 1.50 bits per heavy atom. The summed E-state index contributed by atoms with van der Waals surface area (Å²) in [6, 6.07) is 17.6. The largest absolute Gasteiger partial charge is 0.369 e. The van der Waals surface area contributed by atoms with Gasteiger partial charge < -0.3 is 4.90 Å². The second-order valence-electron chi connectivity index (χ2n) is 9.07. The molecule has 0 atom stereocenters. The van der Waals surface area contributed by atoms with Crippen LogP contribution in [0.5, 0.6) is 0 Å². The van der Waals surface area contributed by atoms with E-state index in [9.17, 15) is 30.4 Å². The molecule has 0 bridgehead atoms. The Hall–Kier alpha value is -3.58. The lowest BCUT2D eigenvalue weighted by Crippen LogP contribution is -2.48. The third kappa shape index (κ3) is 5.52. The number of piperazine rings is 1. The average molecular weight is 606 g/mol. The van der Waals surface area contributed by atoms with E-state index >= 15 is 0 Å². The molecule has 1 saturated heterocycles. The maximum atomic E-state index is 14.5. The molecular weight excluding hydrogens is 584 g/mol. The zero-order chi connectivity index (χ0) is 28.7. The summed E-state index contributed by atoms with van der Waals surface area (Å²) in [6.07, 6.45) is 0. The van der Waals surface area contributed by atoms with E-state index in [4.69, 9.17) is 11.6 Å². The van der Waals surface area contributed by atoms with Crippen LogP contribution in [-0.4, -0.2) is 53.2 Å². The number of benzene rings is 4. The van der Waals surface area contributed by atoms with Crippen molar-refractivity contribution in [2.24, 2.45) is 0 Å². The third-order valence-corrected chi connectivity index (χ3v) is 10.3. The number of rotatable bonds is 6. The molecule has 1 aliphatic rings. The number of anilines is 1. The summed E-state index contributed by atoms with van der Waals surface area (Å²) in [5.41, 5.74) is 0.486. The van der Waals surface area contributed by atoms with Gasteiger partial charge >= 0.3 is 0 Å². The summed E-state index contributed by atoms with van der Waals surface area (Å²) in [4.78, 5) is 14.0. The Kier molecular flexibility index (Phi) is 7.53. The Labute approximate surface area is 234 Å². The Bertz CT molecular complexity index is 1830. The van der Waals surface area contributed by atoms with Gasteiger partial charge in [0, 0.05) is 42.8 Å². The molecular formula is C27H22ClF2N3O5S2. The average Bonchev–Trinajstić information content (AvgIpc) is 2.93. The highest BCUT2D eigenvalue weighted by Crippen LogP contribution is 2.28. The van der Waals surface area contributed by atoms with Gasteiger partial charge in [-0.3, -0.25) is 4.79 Å². The molecule has 1 amide bonds. The molecule has 0 radical (unpaired) electrons. The highest BCUT2D eigenvalue weighted by Gasteiger charge is 2.31. The van der Waals surface area contributed by atoms with Gasteiger partial charge in [-0.1, -0.05) is 35.9 Å². The fraction of sp³-hybridized carbons (Fsp3) is 0.148. The molecule has 13 heteroatoms. The van der Waals surface area contributed by atoms with Gasteiger partial charge in [-0.05, 0) is 60.0 Å². The highest BCUT2D eigenvalue weighted by atomic mass is 35.5. The van der Waals surface area contributed by atoms with Crippen molar-refractivity contribution in [2.45, 2.75) is 9.79 Å². The van der Waals surface area contributed by atoms with Gasteiger partial charge in [0.15, 0.2) is 0 Å². The van der Waals surface area contributed by atoms with Crippen molar-refractivity contribution in [3.8, 4) is 0 Å². The van der Waals surface area contributed by atoms with Crippen LogP contribution in [0, 0.1) is 11.6 Å². The van der Waals surface area contributed by atoms with Crippen LogP contribution >= 0.6 is 11.6 Å². The smallest absolute Gasteiger partial charge is 0.265 e. The monoisotopic (exact) mass is 605 g/mol. The zero-order valence-corrected chi connectivity index (χ0v) is 23.1. The number of fused-ring (bicyclic) bond motifs is 1. The van der Waals surface area contributed by atoms with Crippen LogP contribution in [0.25, 0.3) is 10.8 Å². The molecule has 0 unspecified atom stereocenters. The predicted octanol–water partition coefficient (Wildman–Crippen LogP) is 4.40. The highest BCUT2D eigenvalue weighted by molar-refractivity contribution is 7.90. The molecule has 40 heavy (non-hydrogen) atoms. The van der Waals surface area contributed by atoms with Gasteiger partial charge in [-0.15, -0.1) is 0 Å². The third-order valence-electron chi connectivity index (χ3n) is 6.56. The van der Waals surface area contributed by atoms with Crippen LogP contribution < -0.4 is 9.62 Å². The van der Waals surface area contributed by atoms with E-state index in [2.05, 4.69) is 0 Å². The molecule has 1 heterocycles. The topological polar surface area (TPSA) is 104 Å². The summed E-state index contributed by atoms with van der Waals surface area (Å²) in [5.74, 6) is -2.26. The number of amides is 1. The number of halogens is 3. The van der Waals surface area contributed by atoms with Crippen molar-refractivity contribution in [3.63, 3.8) is 0 Å². The van der Waals surface area contributed by atoms with Crippen LogP contribution in [0.3, 0.4) is 0 Å². The maximum Gasteiger partial charge on any atom is 0.265 e. The molecule has 8 nitrogen and oxygen atoms in total. The molecule has 0 saturated carbocycles. The molecule has 208 valence electrons. The Balaban J connectivity index is 1.35. The minimum absolute atomic E-state index is 0.106. The van der Waals surface area contributed by atoms with Crippen LogP contribution in [0.4, 0.5) is 14.5 Å².